The second-order valence-electron chi connectivity index (χ2n) is 13.4. The highest BCUT2D eigenvalue weighted by atomic mass is 35.5. The van der Waals surface area contributed by atoms with Gasteiger partial charge in [-0.25, -0.2) is 0 Å². The maximum atomic E-state index is 6.95. The Morgan fingerprint density at radius 3 is 1.44 bits per heavy atom. The van der Waals surface area contributed by atoms with Gasteiger partial charge in [0.25, 0.3) is 0 Å². The van der Waals surface area contributed by atoms with E-state index in [1.165, 1.54) is 0 Å². The largest absolute Gasteiger partial charge is 0.496 e. The molecule has 0 N–H and O–H groups in total. The van der Waals surface area contributed by atoms with Crippen molar-refractivity contribution in [2.75, 3.05) is 61.6 Å². The van der Waals surface area contributed by atoms with Gasteiger partial charge in [0.15, 0.2) is 0 Å². The molecule has 0 atom stereocenters. The zero-order chi connectivity index (χ0) is 32.1. The van der Waals surface area contributed by atoms with Crippen molar-refractivity contribution in [3.05, 3.63) is 69.7 Å². The van der Waals surface area contributed by atoms with Crippen molar-refractivity contribution in [2.45, 2.75) is 52.4 Å². The van der Waals surface area contributed by atoms with E-state index in [1.54, 1.807) is 7.11 Å². The highest BCUT2D eigenvalue weighted by Gasteiger charge is 2.34. The van der Waals surface area contributed by atoms with E-state index in [4.69, 9.17) is 37.4 Å². The van der Waals surface area contributed by atoms with E-state index in [-0.39, 0.29) is 10.8 Å². The Hall–Kier alpha value is -2.01. The van der Waals surface area contributed by atoms with E-state index in [1.807, 2.05) is 24.3 Å². The van der Waals surface area contributed by atoms with Gasteiger partial charge in [-0.2, -0.15) is 0 Å². The molecule has 0 aliphatic rings. The summed E-state index contributed by atoms with van der Waals surface area (Å²) in [5.41, 5.74) is 1.68. The maximum Gasteiger partial charge on any atom is 0.131 e. The Morgan fingerprint density at radius 1 is 0.651 bits per heavy atom. The van der Waals surface area contributed by atoms with E-state index in [0.717, 1.165) is 57.4 Å². The second-order valence-corrected chi connectivity index (χ2v) is 16.4. The van der Waals surface area contributed by atoms with E-state index in [0.29, 0.717) is 23.3 Å². The molecule has 236 valence electrons. The lowest BCUT2D eigenvalue weighted by Gasteiger charge is -2.32. The average molecular weight is 648 g/mol. The van der Waals surface area contributed by atoms with Crippen LogP contribution in [0.3, 0.4) is 0 Å². The number of likely N-dealkylation sites (N-methyl/N-ethyl adjacent to an activating group) is 2. The Kier molecular flexibility index (Phi) is 12.2. The minimum absolute atomic E-state index is 0.217. The van der Waals surface area contributed by atoms with Gasteiger partial charge in [-0.15, -0.1) is 0 Å². The van der Waals surface area contributed by atoms with Crippen LogP contribution in [0.2, 0.25) is 10.0 Å². The van der Waals surface area contributed by atoms with Crippen molar-refractivity contribution in [1.29, 1.82) is 0 Å². The topological polar surface area (TPSA) is 34.2 Å². The van der Waals surface area contributed by atoms with Crippen LogP contribution in [0.1, 0.15) is 52.7 Å². The molecule has 0 bridgehead atoms. The van der Waals surface area contributed by atoms with Gasteiger partial charge in [-0.1, -0.05) is 82.9 Å². The molecule has 0 aliphatic heterocycles. The Labute approximate surface area is 271 Å². The third-order valence-corrected chi connectivity index (χ3v) is 9.98. The van der Waals surface area contributed by atoms with Crippen LogP contribution in [-0.4, -0.2) is 71.4 Å². The van der Waals surface area contributed by atoms with Gasteiger partial charge in [0.2, 0.25) is 0 Å². The summed E-state index contributed by atoms with van der Waals surface area (Å²) in [5.74, 6) is 2.50. The van der Waals surface area contributed by atoms with E-state index < -0.39 is 7.92 Å². The van der Waals surface area contributed by atoms with Crippen molar-refractivity contribution in [3.63, 3.8) is 0 Å². The standard InChI is InChI=1S/C35H49Cl2N2O3P/c1-34(2,3)26-20-24(36)22-30(32(26)41-18-16-38(7)8)43(29-15-13-12-14-28(29)40-11)31-23-25(37)21-27(35(4,5)6)33(31)42-19-17-39(9)10/h12-15,20-23H,16-19H2,1-11H3. The summed E-state index contributed by atoms with van der Waals surface area (Å²) >= 11 is 13.9. The number of ether oxygens (including phenoxy) is 3. The number of para-hydroxylation sites is 1. The third kappa shape index (κ3) is 9.25. The summed E-state index contributed by atoms with van der Waals surface area (Å²) in [6.07, 6.45) is 0. The predicted octanol–water partition coefficient (Wildman–Crippen LogP) is 7.24. The number of nitrogens with zero attached hydrogens (tertiary/aromatic N) is 2. The number of rotatable bonds is 12. The molecular formula is C35H49Cl2N2O3P. The van der Waals surface area contributed by atoms with Crippen LogP contribution in [-0.2, 0) is 10.8 Å². The normalized spacial score (nSPS) is 12.4. The molecule has 0 fully saturated rings. The first-order valence-electron chi connectivity index (χ1n) is 14.7. The second kappa shape index (κ2) is 14.8. The fourth-order valence-electron chi connectivity index (χ4n) is 4.77. The number of benzene rings is 3. The van der Waals surface area contributed by atoms with Crippen molar-refractivity contribution < 1.29 is 14.2 Å². The van der Waals surface area contributed by atoms with E-state index >= 15 is 0 Å². The summed E-state index contributed by atoms with van der Waals surface area (Å²) in [5, 5.41) is 4.38. The Morgan fingerprint density at radius 2 is 1.07 bits per heavy atom. The van der Waals surface area contributed by atoms with Crippen molar-refractivity contribution >= 4 is 47.0 Å². The van der Waals surface area contributed by atoms with Crippen LogP contribution in [0.15, 0.2) is 48.5 Å². The lowest BCUT2D eigenvalue weighted by Crippen LogP contribution is -2.30. The number of halogens is 2. The lowest BCUT2D eigenvalue weighted by molar-refractivity contribution is 0.258. The maximum absolute atomic E-state index is 6.95. The molecule has 0 saturated heterocycles. The van der Waals surface area contributed by atoms with Crippen LogP contribution >= 0.6 is 31.1 Å². The van der Waals surface area contributed by atoms with Gasteiger partial charge in [0, 0.05) is 50.2 Å². The molecular weight excluding hydrogens is 598 g/mol. The Balaban J connectivity index is 2.49. The van der Waals surface area contributed by atoms with Crippen molar-refractivity contribution in [3.8, 4) is 17.2 Å². The monoisotopic (exact) mass is 646 g/mol. The summed E-state index contributed by atoms with van der Waals surface area (Å²) in [4.78, 5) is 4.25. The molecule has 5 nitrogen and oxygen atoms in total. The summed E-state index contributed by atoms with van der Waals surface area (Å²) in [7, 11) is 8.61. The first kappa shape index (κ1) is 35.5. The number of hydrogen-bond donors (Lipinski definition) is 0. The third-order valence-electron chi connectivity index (χ3n) is 7.06. The molecule has 3 aromatic carbocycles. The average Bonchev–Trinajstić information content (AvgIpc) is 2.89. The van der Waals surface area contributed by atoms with Crippen LogP contribution in [0.25, 0.3) is 0 Å². The fraction of sp³-hybridized carbons (Fsp3) is 0.486. The molecule has 3 rings (SSSR count). The smallest absolute Gasteiger partial charge is 0.131 e. The molecule has 43 heavy (non-hydrogen) atoms. The van der Waals surface area contributed by atoms with Gasteiger partial charge >= 0.3 is 0 Å². The van der Waals surface area contributed by atoms with Crippen LogP contribution < -0.4 is 30.1 Å². The zero-order valence-corrected chi connectivity index (χ0v) is 30.2. The zero-order valence-electron chi connectivity index (χ0n) is 27.8. The predicted molar refractivity (Wildman–Crippen MR) is 187 cm³/mol. The van der Waals surface area contributed by atoms with Gasteiger partial charge in [0.05, 0.1) is 7.11 Å². The van der Waals surface area contributed by atoms with Crippen LogP contribution in [0.5, 0.6) is 17.2 Å². The Bertz CT molecular complexity index is 1300. The molecule has 0 aliphatic carbocycles. The first-order valence-corrected chi connectivity index (χ1v) is 16.8. The van der Waals surface area contributed by atoms with Gasteiger partial charge in [-0.05, 0) is 77.3 Å². The molecule has 0 spiro atoms. The van der Waals surface area contributed by atoms with Gasteiger partial charge in [-0.3, -0.25) is 0 Å². The summed E-state index contributed by atoms with van der Waals surface area (Å²) in [6, 6.07) is 16.4. The molecule has 0 radical (unpaired) electrons. The highest BCUT2D eigenvalue weighted by molar-refractivity contribution is 7.80. The number of methoxy groups -OCH3 is 1. The molecule has 0 unspecified atom stereocenters. The summed E-state index contributed by atoms with van der Waals surface area (Å²) in [6.45, 7) is 15.8. The van der Waals surface area contributed by atoms with E-state index in [2.05, 4.69) is 104 Å². The molecule has 3 aromatic rings. The van der Waals surface area contributed by atoms with Crippen molar-refractivity contribution in [2.24, 2.45) is 0 Å². The molecule has 8 heteroatoms. The summed E-state index contributed by atoms with van der Waals surface area (Å²) < 4.78 is 19.5. The van der Waals surface area contributed by atoms with Gasteiger partial charge < -0.3 is 24.0 Å². The number of hydrogen-bond acceptors (Lipinski definition) is 5. The van der Waals surface area contributed by atoms with Gasteiger partial charge in [0.1, 0.15) is 30.5 Å². The van der Waals surface area contributed by atoms with Crippen LogP contribution in [0, 0.1) is 0 Å². The SMILES string of the molecule is COc1ccccc1P(c1cc(Cl)cc(C(C)(C)C)c1OCCN(C)C)c1cc(Cl)cc(C(C)(C)C)c1OCCN(C)C. The molecule has 0 saturated carbocycles. The van der Waals surface area contributed by atoms with E-state index in [9.17, 15) is 0 Å². The molecule has 0 heterocycles. The quantitative estimate of drug-likeness (QED) is 0.194. The highest BCUT2D eigenvalue weighted by Crippen LogP contribution is 2.48. The van der Waals surface area contributed by atoms with Crippen molar-refractivity contribution in [1.82, 2.24) is 9.80 Å². The molecule has 0 aromatic heterocycles. The minimum atomic E-state index is -1.31. The first-order chi connectivity index (χ1) is 20.0. The molecule has 0 amide bonds. The minimum Gasteiger partial charge on any atom is -0.496 e. The van der Waals surface area contributed by atoms with Crippen LogP contribution in [0.4, 0.5) is 0 Å². The lowest BCUT2D eigenvalue weighted by atomic mass is 9.86. The fourth-order valence-corrected chi connectivity index (χ4v) is 8.07.